The summed E-state index contributed by atoms with van der Waals surface area (Å²) in [6.07, 6.45) is 0. The molecule has 0 saturated carbocycles. The van der Waals surface area contributed by atoms with Crippen LogP contribution in [0.2, 0.25) is 0 Å². The molecule has 0 amide bonds. The minimum absolute atomic E-state index is 0.0116. The number of nitrogens with zero attached hydrogens (tertiary/aromatic N) is 4. The average Bonchev–Trinajstić information content (AvgIpc) is 2.59. The maximum atomic E-state index is 11.3. The first kappa shape index (κ1) is 18.4. The van der Waals surface area contributed by atoms with E-state index in [9.17, 15) is 40.5 Å². The molecule has 0 unspecified atom stereocenters. The SMILES string of the molecule is CC(c1ccc([N+](=O)[O-])cc1[N+](=O)[O-])c1ccc([N+](=O)[O-])cc1[N+](=O)[O-]. The second-order valence-corrected chi connectivity index (χ2v) is 5.24. The Morgan fingerprint density at radius 1 is 0.654 bits per heavy atom. The van der Waals surface area contributed by atoms with E-state index in [2.05, 4.69) is 0 Å². The number of hydrogen-bond acceptors (Lipinski definition) is 8. The van der Waals surface area contributed by atoms with Crippen LogP contribution < -0.4 is 0 Å². The molecule has 0 heterocycles. The molecule has 0 aromatic heterocycles. The van der Waals surface area contributed by atoms with Crippen molar-refractivity contribution >= 4 is 22.7 Å². The van der Waals surface area contributed by atoms with Crippen molar-refractivity contribution in [2.24, 2.45) is 0 Å². The maximum absolute atomic E-state index is 11.3. The monoisotopic (exact) mass is 362 g/mol. The zero-order valence-electron chi connectivity index (χ0n) is 13.1. The van der Waals surface area contributed by atoms with Crippen molar-refractivity contribution in [3.8, 4) is 0 Å². The standard InChI is InChI=1S/C14H10N4O8/c1-8(11-4-2-9(15(19)20)6-13(11)17(23)24)12-5-3-10(16(21)22)7-14(12)18(25)26/h2-8H,1H3. The predicted octanol–water partition coefficient (Wildman–Crippen LogP) is 3.47. The van der Waals surface area contributed by atoms with Gasteiger partial charge in [-0.25, -0.2) is 0 Å². The van der Waals surface area contributed by atoms with Crippen LogP contribution in [0.5, 0.6) is 0 Å². The fourth-order valence-electron chi connectivity index (χ4n) is 2.51. The molecule has 0 aliphatic heterocycles. The lowest BCUT2D eigenvalue weighted by atomic mass is 9.90. The number of nitro groups is 4. The van der Waals surface area contributed by atoms with Gasteiger partial charge in [-0.3, -0.25) is 40.5 Å². The largest absolute Gasteiger partial charge is 0.280 e. The molecule has 0 radical (unpaired) electrons. The summed E-state index contributed by atoms with van der Waals surface area (Å²) in [4.78, 5) is 40.9. The average molecular weight is 362 g/mol. The Morgan fingerprint density at radius 2 is 1.00 bits per heavy atom. The highest BCUT2D eigenvalue weighted by Crippen LogP contribution is 2.38. The highest BCUT2D eigenvalue weighted by atomic mass is 16.6. The van der Waals surface area contributed by atoms with Crippen molar-refractivity contribution in [2.75, 3.05) is 0 Å². The lowest BCUT2D eigenvalue weighted by Crippen LogP contribution is -2.06. The second-order valence-electron chi connectivity index (χ2n) is 5.24. The van der Waals surface area contributed by atoms with Crippen LogP contribution in [0.1, 0.15) is 24.0 Å². The van der Waals surface area contributed by atoms with E-state index in [0.29, 0.717) is 0 Å². The van der Waals surface area contributed by atoms with Crippen LogP contribution in [-0.2, 0) is 0 Å². The van der Waals surface area contributed by atoms with E-state index < -0.39 is 48.4 Å². The van der Waals surface area contributed by atoms with Gasteiger partial charge in [-0.05, 0) is 12.1 Å². The minimum atomic E-state index is -0.905. The number of hydrogen-bond donors (Lipinski definition) is 0. The molecular weight excluding hydrogens is 352 g/mol. The van der Waals surface area contributed by atoms with Gasteiger partial charge in [-0.2, -0.15) is 0 Å². The molecule has 2 rings (SSSR count). The predicted molar refractivity (Wildman–Crippen MR) is 87.0 cm³/mol. The van der Waals surface area contributed by atoms with Gasteiger partial charge < -0.3 is 0 Å². The first-order valence-electron chi connectivity index (χ1n) is 6.99. The van der Waals surface area contributed by atoms with Crippen molar-refractivity contribution < 1.29 is 19.7 Å². The minimum Gasteiger partial charge on any atom is -0.258 e. The molecule has 0 aliphatic rings. The molecule has 0 N–H and O–H groups in total. The third-order valence-electron chi connectivity index (χ3n) is 3.78. The molecule has 12 heteroatoms. The van der Waals surface area contributed by atoms with Gasteiger partial charge in [0.2, 0.25) is 0 Å². The Labute approximate surface area is 144 Å². The van der Waals surface area contributed by atoms with Gasteiger partial charge >= 0.3 is 0 Å². The van der Waals surface area contributed by atoms with E-state index in [1.807, 2.05) is 0 Å². The summed E-state index contributed by atoms with van der Waals surface area (Å²) in [5, 5.41) is 44.1. The molecule has 0 aliphatic carbocycles. The Morgan fingerprint density at radius 3 is 1.27 bits per heavy atom. The summed E-state index contributed by atoms with van der Waals surface area (Å²) < 4.78 is 0. The van der Waals surface area contributed by atoms with Crippen LogP contribution in [0.3, 0.4) is 0 Å². The van der Waals surface area contributed by atoms with Gasteiger partial charge in [0.1, 0.15) is 0 Å². The molecule has 0 spiro atoms. The van der Waals surface area contributed by atoms with E-state index in [1.54, 1.807) is 0 Å². The molecule has 2 aromatic rings. The molecule has 2 aromatic carbocycles. The van der Waals surface area contributed by atoms with E-state index in [1.165, 1.54) is 6.92 Å². The normalized spacial score (nSPS) is 10.5. The van der Waals surface area contributed by atoms with Gasteiger partial charge in [-0.1, -0.05) is 6.92 Å². The van der Waals surface area contributed by atoms with Crippen LogP contribution >= 0.6 is 0 Å². The number of non-ortho nitro benzene ring substituents is 2. The number of benzene rings is 2. The lowest BCUT2D eigenvalue weighted by Gasteiger charge is -2.13. The van der Waals surface area contributed by atoms with Crippen molar-refractivity contribution in [2.45, 2.75) is 12.8 Å². The first-order valence-corrected chi connectivity index (χ1v) is 6.99. The Balaban J connectivity index is 2.64. The van der Waals surface area contributed by atoms with Crippen LogP contribution in [0.4, 0.5) is 22.7 Å². The highest BCUT2D eigenvalue weighted by molar-refractivity contribution is 5.58. The first-order chi connectivity index (χ1) is 12.1. The van der Waals surface area contributed by atoms with Crippen LogP contribution in [0.15, 0.2) is 36.4 Å². The summed E-state index contributed by atoms with van der Waals surface area (Å²) in [6.45, 7) is 1.43. The van der Waals surface area contributed by atoms with Gasteiger partial charge in [-0.15, -0.1) is 0 Å². The van der Waals surface area contributed by atoms with E-state index >= 15 is 0 Å². The van der Waals surface area contributed by atoms with Gasteiger partial charge in [0, 0.05) is 29.2 Å². The molecule has 0 atom stereocenters. The van der Waals surface area contributed by atoms with Crippen LogP contribution in [0, 0.1) is 40.5 Å². The van der Waals surface area contributed by atoms with Gasteiger partial charge in [0.25, 0.3) is 22.7 Å². The fourth-order valence-corrected chi connectivity index (χ4v) is 2.51. The molecule has 12 nitrogen and oxygen atoms in total. The van der Waals surface area contributed by atoms with Crippen molar-refractivity contribution in [3.63, 3.8) is 0 Å². The summed E-state index contributed by atoms with van der Waals surface area (Å²) in [5.41, 5.74) is -2.11. The molecule has 0 bridgehead atoms. The zero-order valence-corrected chi connectivity index (χ0v) is 13.1. The molecule has 134 valence electrons. The van der Waals surface area contributed by atoms with Crippen molar-refractivity contribution in [3.05, 3.63) is 88.0 Å². The van der Waals surface area contributed by atoms with Gasteiger partial charge in [0.15, 0.2) is 0 Å². The molecule has 26 heavy (non-hydrogen) atoms. The van der Waals surface area contributed by atoms with Crippen molar-refractivity contribution in [1.29, 1.82) is 0 Å². The van der Waals surface area contributed by atoms with Crippen LogP contribution in [0.25, 0.3) is 0 Å². The number of rotatable bonds is 6. The summed E-state index contributed by atoms with van der Waals surface area (Å²) in [6, 6.07) is 5.93. The molecular formula is C14H10N4O8. The second kappa shape index (κ2) is 6.88. The Kier molecular flexibility index (Phi) is 4.86. The Hall–Kier alpha value is -3.96. The molecule has 0 saturated heterocycles. The third-order valence-corrected chi connectivity index (χ3v) is 3.78. The lowest BCUT2D eigenvalue weighted by molar-refractivity contribution is -0.395. The van der Waals surface area contributed by atoms with E-state index in [0.717, 1.165) is 36.4 Å². The highest BCUT2D eigenvalue weighted by Gasteiger charge is 2.29. The zero-order chi connectivity index (χ0) is 19.6. The van der Waals surface area contributed by atoms with Gasteiger partial charge in [0.05, 0.1) is 31.8 Å². The summed E-state index contributed by atoms with van der Waals surface area (Å²) in [7, 11) is 0. The third kappa shape index (κ3) is 3.43. The topological polar surface area (TPSA) is 173 Å². The molecule has 0 fully saturated rings. The maximum Gasteiger partial charge on any atom is 0.280 e. The summed E-state index contributed by atoms with van der Waals surface area (Å²) >= 11 is 0. The number of nitro benzene ring substituents is 4. The Bertz CT molecular complexity index is 867. The van der Waals surface area contributed by atoms with E-state index in [4.69, 9.17) is 0 Å². The summed E-state index contributed by atoms with van der Waals surface area (Å²) in [5.74, 6) is -0.905. The van der Waals surface area contributed by atoms with Crippen molar-refractivity contribution in [1.82, 2.24) is 0 Å². The van der Waals surface area contributed by atoms with Crippen LogP contribution in [-0.4, -0.2) is 19.7 Å². The smallest absolute Gasteiger partial charge is 0.258 e. The quantitative estimate of drug-likeness (QED) is 0.554. The van der Waals surface area contributed by atoms with E-state index in [-0.39, 0.29) is 11.1 Å². The fraction of sp³-hybridized carbons (Fsp3) is 0.143.